The molecule has 0 unspecified atom stereocenters. The van der Waals surface area contributed by atoms with Crippen molar-refractivity contribution in [3.63, 3.8) is 0 Å². The number of hydrogen-bond acceptors (Lipinski definition) is 4. The third-order valence-corrected chi connectivity index (χ3v) is 3.95. The van der Waals surface area contributed by atoms with Crippen LogP contribution in [0.1, 0.15) is 13.8 Å². The zero-order valence-corrected chi connectivity index (χ0v) is 11.4. The number of amides is 1. The molecule has 1 rings (SSSR count). The monoisotopic (exact) mass is 271 g/mol. The first kappa shape index (κ1) is 14.6. The van der Waals surface area contributed by atoms with E-state index in [-0.39, 0.29) is 23.4 Å². The second kappa shape index (κ2) is 5.92. The zero-order valence-electron chi connectivity index (χ0n) is 10.6. The molecule has 0 spiro atoms. The van der Waals surface area contributed by atoms with Gasteiger partial charge in [0, 0.05) is 25.5 Å². The molecule has 18 heavy (non-hydrogen) atoms. The topological polar surface area (TPSA) is 79.4 Å². The second-order valence-corrected chi connectivity index (χ2v) is 6.22. The van der Waals surface area contributed by atoms with Crippen molar-refractivity contribution in [1.29, 1.82) is 0 Å². The van der Waals surface area contributed by atoms with E-state index in [4.69, 9.17) is 0 Å². The van der Waals surface area contributed by atoms with E-state index in [9.17, 15) is 13.2 Å². The van der Waals surface area contributed by atoms with Crippen molar-refractivity contribution >= 4 is 15.9 Å². The molecule has 0 radical (unpaired) electrons. The summed E-state index contributed by atoms with van der Waals surface area (Å²) >= 11 is 0. The Bertz CT molecular complexity index is 500. The van der Waals surface area contributed by atoms with Gasteiger partial charge in [-0.25, -0.2) is 8.42 Å². The van der Waals surface area contributed by atoms with Gasteiger partial charge in [0.1, 0.15) is 4.90 Å². The molecule has 1 N–H and O–H groups in total. The van der Waals surface area contributed by atoms with Crippen molar-refractivity contribution in [2.75, 3.05) is 13.6 Å². The summed E-state index contributed by atoms with van der Waals surface area (Å²) < 4.78 is 25.1. The summed E-state index contributed by atoms with van der Waals surface area (Å²) in [5.41, 5.74) is 0. The highest BCUT2D eigenvalue weighted by Gasteiger charge is 2.23. The Hall–Kier alpha value is -1.47. The molecule has 0 aliphatic heterocycles. The summed E-state index contributed by atoms with van der Waals surface area (Å²) in [4.78, 5) is 15.3. The fourth-order valence-electron chi connectivity index (χ4n) is 1.33. The summed E-state index contributed by atoms with van der Waals surface area (Å²) in [5.74, 6) is -0.333. The molecule has 0 aliphatic carbocycles. The number of pyridine rings is 1. The number of rotatable bonds is 5. The molecular weight excluding hydrogens is 254 g/mol. The Morgan fingerprint density at radius 3 is 2.67 bits per heavy atom. The van der Waals surface area contributed by atoms with Crippen LogP contribution in [0.15, 0.2) is 29.4 Å². The average Bonchev–Trinajstić information content (AvgIpc) is 2.28. The van der Waals surface area contributed by atoms with Crippen molar-refractivity contribution in [1.82, 2.24) is 14.6 Å². The van der Waals surface area contributed by atoms with E-state index in [2.05, 4.69) is 10.3 Å². The van der Waals surface area contributed by atoms with Crippen LogP contribution in [-0.4, -0.2) is 43.2 Å². The molecule has 1 aromatic rings. The first-order valence-electron chi connectivity index (χ1n) is 5.49. The van der Waals surface area contributed by atoms with E-state index in [1.54, 1.807) is 0 Å². The maximum Gasteiger partial charge on any atom is 0.244 e. The summed E-state index contributed by atoms with van der Waals surface area (Å²) in [6.45, 7) is 3.41. The van der Waals surface area contributed by atoms with Gasteiger partial charge in [-0.15, -0.1) is 0 Å². The van der Waals surface area contributed by atoms with Crippen LogP contribution in [-0.2, 0) is 14.8 Å². The lowest BCUT2D eigenvalue weighted by Gasteiger charge is -2.17. The Morgan fingerprint density at radius 1 is 1.50 bits per heavy atom. The molecule has 1 amide bonds. The lowest BCUT2D eigenvalue weighted by molar-refractivity contribution is -0.121. The molecule has 0 fully saturated rings. The van der Waals surface area contributed by atoms with Crippen molar-refractivity contribution in [3.8, 4) is 0 Å². The van der Waals surface area contributed by atoms with Crippen LogP contribution >= 0.6 is 0 Å². The number of carbonyl (C=O) groups excluding carboxylic acids is 1. The number of nitrogens with zero attached hydrogens (tertiary/aromatic N) is 2. The summed E-state index contributed by atoms with van der Waals surface area (Å²) in [6, 6.07) is 2.96. The lowest BCUT2D eigenvalue weighted by atomic mass is 10.4. The third-order valence-electron chi connectivity index (χ3n) is 2.16. The number of aromatic nitrogens is 1. The minimum Gasteiger partial charge on any atom is -0.353 e. The molecule has 0 saturated carbocycles. The molecule has 7 heteroatoms. The van der Waals surface area contributed by atoms with Crippen LogP contribution in [0.5, 0.6) is 0 Å². The van der Waals surface area contributed by atoms with E-state index in [1.165, 1.54) is 31.6 Å². The first-order valence-corrected chi connectivity index (χ1v) is 6.94. The van der Waals surface area contributed by atoms with E-state index in [0.29, 0.717) is 0 Å². The molecule has 0 aliphatic rings. The van der Waals surface area contributed by atoms with Crippen LogP contribution in [0.4, 0.5) is 0 Å². The molecule has 100 valence electrons. The number of carbonyl (C=O) groups is 1. The fourth-order valence-corrected chi connectivity index (χ4v) is 2.43. The second-order valence-electron chi connectivity index (χ2n) is 4.17. The maximum atomic E-state index is 12.1. The first-order chi connectivity index (χ1) is 8.34. The lowest BCUT2D eigenvalue weighted by Crippen LogP contribution is -2.40. The van der Waals surface area contributed by atoms with Gasteiger partial charge in [-0.1, -0.05) is 0 Å². The van der Waals surface area contributed by atoms with E-state index < -0.39 is 10.0 Å². The minimum absolute atomic E-state index is 0.0213. The quantitative estimate of drug-likeness (QED) is 0.831. The minimum atomic E-state index is -3.66. The molecule has 1 aromatic heterocycles. The summed E-state index contributed by atoms with van der Waals surface area (Å²) in [6.07, 6.45) is 2.75. The van der Waals surface area contributed by atoms with Crippen LogP contribution < -0.4 is 5.32 Å². The zero-order chi connectivity index (χ0) is 13.8. The summed E-state index contributed by atoms with van der Waals surface area (Å²) in [5, 5.41) is 2.64. The van der Waals surface area contributed by atoms with Crippen LogP contribution in [0.25, 0.3) is 0 Å². The molecule has 0 bridgehead atoms. The molecule has 0 aromatic carbocycles. The van der Waals surface area contributed by atoms with E-state index in [0.717, 1.165) is 4.31 Å². The molecule has 6 nitrogen and oxygen atoms in total. The SMILES string of the molecule is CC(C)NC(=O)CN(C)S(=O)(=O)c1cccnc1. The molecule has 1 heterocycles. The average molecular weight is 271 g/mol. The van der Waals surface area contributed by atoms with Gasteiger partial charge < -0.3 is 5.32 Å². The van der Waals surface area contributed by atoms with Gasteiger partial charge in [-0.05, 0) is 26.0 Å². The van der Waals surface area contributed by atoms with Crippen LogP contribution in [0, 0.1) is 0 Å². The summed E-state index contributed by atoms with van der Waals surface area (Å²) in [7, 11) is -2.30. The number of likely N-dealkylation sites (N-methyl/N-ethyl adjacent to an activating group) is 1. The van der Waals surface area contributed by atoms with E-state index in [1.807, 2.05) is 13.8 Å². The van der Waals surface area contributed by atoms with Gasteiger partial charge >= 0.3 is 0 Å². The number of sulfonamides is 1. The molecule has 0 saturated heterocycles. The van der Waals surface area contributed by atoms with Gasteiger partial charge in [0.05, 0.1) is 6.54 Å². The van der Waals surface area contributed by atoms with Gasteiger partial charge in [-0.3, -0.25) is 9.78 Å². The predicted octanol–water partition coefficient (Wildman–Crippen LogP) is 0.227. The standard InChI is InChI=1S/C11H17N3O3S/c1-9(2)13-11(15)8-14(3)18(16,17)10-5-4-6-12-7-10/h4-7,9H,8H2,1-3H3,(H,13,15). The van der Waals surface area contributed by atoms with Gasteiger partial charge in [0.2, 0.25) is 15.9 Å². The largest absolute Gasteiger partial charge is 0.353 e. The van der Waals surface area contributed by atoms with Crippen molar-refractivity contribution < 1.29 is 13.2 Å². The highest BCUT2D eigenvalue weighted by molar-refractivity contribution is 7.89. The molecular formula is C11H17N3O3S. The normalized spacial score (nSPS) is 11.8. The highest BCUT2D eigenvalue weighted by atomic mass is 32.2. The Labute approximate surface area is 107 Å². The fraction of sp³-hybridized carbons (Fsp3) is 0.455. The van der Waals surface area contributed by atoms with Gasteiger partial charge in [0.15, 0.2) is 0 Å². The smallest absolute Gasteiger partial charge is 0.244 e. The van der Waals surface area contributed by atoms with E-state index >= 15 is 0 Å². The molecule has 0 atom stereocenters. The number of hydrogen-bond donors (Lipinski definition) is 1. The van der Waals surface area contributed by atoms with Crippen LogP contribution in [0.3, 0.4) is 0 Å². The Balaban J connectivity index is 2.78. The van der Waals surface area contributed by atoms with Gasteiger partial charge in [-0.2, -0.15) is 4.31 Å². The van der Waals surface area contributed by atoms with Crippen molar-refractivity contribution in [2.24, 2.45) is 0 Å². The Morgan fingerprint density at radius 2 is 2.17 bits per heavy atom. The van der Waals surface area contributed by atoms with Crippen LogP contribution in [0.2, 0.25) is 0 Å². The predicted molar refractivity (Wildman–Crippen MR) is 67.3 cm³/mol. The van der Waals surface area contributed by atoms with Crippen molar-refractivity contribution in [3.05, 3.63) is 24.5 Å². The highest BCUT2D eigenvalue weighted by Crippen LogP contribution is 2.11. The maximum absolute atomic E-state index is 12.1. The third kappa shape index (κ3) is 3.78. The Kier molecular flexibility index (Phi) is 4.80. The number of nitrogens with one attached hydrogen (secondary N) is 1. The van der Waals surface area contributed by atoms with Gasteiger partial charge in [0.25, 0.3) is 0 Å². The van der Waals surface area contributed by atoms with Crippen molar-refractivity contribution in [2.45, 2.75) is 24.8 Å².